The number of likely N-dealkylation sites (tertiary alicyclic amines) is 1. The van der Waals surface area contributed by atoms with Crippen molar-refractivity contribution in [1.29, 1.82) is 0 Å². The molecule has 0 bridgehead atoms. The molecule has 0 aliphatic carbocycles. The molecule has 1 aliphatic rings. The second kappa shape index (κ2) is 7.03. The van der Waals surface area contributed by atoms with E-state index in [2.05, 4.69) is 0 Å². The molecule has 5 heteroatoms. The van der Waals surface area contributed by atoms with E-state index >= 15 is 0 Å². The summed E-state index contributed by atoms with van der Waals surface area (Å²) < 4.78 is 0. The van der Waals surface area contributed by atoms with Crippen LogP contribution in [0.25, 0.3) is 0 Å². The zero-order valence-corrected chi connectivity index (χ0v) is 15.8. The molecule has 0 unspecified atom stereocenters. The standard InChI is InChI=1S/C19H29ClN2O2/c1-5-13(2)16(21)17(23)22-11-10-19(24,18(3,4)12-22)14-6-8-15(20)9-7-14/h6-9,13,16,24H,5,10-12,21H2,1-4H3/t13-,16+,19-/m0/s1. The van der Waals surface area contributed by atoms with Crippen LogP contribution in [-0.2, 0) is 10.4 Å². The van der Waals surface area contributed by atoms with Crippen molar-refractivity contribution >= 4 is 17.5 Å². The van der Waals surface area contributed by atoms with Crippen molar-refractivity contribution in [2.75, 3.05) is 13.1 Å². The first-order valence-electron chi connectivity index (χ1n) is 8.65. The quantitative estimate of drug-likeness (QED) is 0.874. The van der Waals surface area contributed by atoms with Crippen LogP contribution in [0.2, 0.25) is 5.02 Å². The van der Waals surface area contributed by atoms with Crippen LogP contribution in [0.4, 0.5) is 0 Å². The molecule has 0 spiro atoms. The van der Waals surface area contributed by atoms with Crippen LogP contribution < -0.4 is 5.73 Å². The van der Waals surface area contributed by atoms with Gasteiger partial charge in [-0.25, -0.2) is 0 Å². The highest BCUT2D eigenvalue weighted by atomic mass is 35.5. The predicted octanol–water partition coefficient (Wildman–Crippen LogP) is 3.16. The van der Waals surface area contributed by atoms with E-state index in [4.69, 9.17) is 17.3 Å². The maximum atomic E-state index is 12.7. The summed E-state index contributed by atoms with van der Waals surface area (Å²) in [7, 11) is 0. The Morgan fingerprint density at radius 2 is 1.96 bits per heavy atom. The first kappa shape index (κ1) is 19.2. The first-order valence-corrected chi connectivity index (χ1v) is 9.03. The van der Waals surface area contributed by atoms with Gasteiger partial charge in [-0.2, -0.15) is 0 Å². The molecular weight excluding hydrogens is 324 g/mol. The van der Waals surface area contributed by atoms with Crippen molar-refractivity contribution in [3.8, 4) is 0 Å². The molecule has 0 saturated carbocycles. The minimum Gasteiger partial charge on any atom is -0.384 e. The minimum absolute atomic E-state index is 0.0180. The number of hydrogen-bond acceptors (Lipinski definition) is 3. The van der Waals surface area contributed by atoms with Crippen molar-refractivity contribution in [2.24, 2.45) is 17.1 Å². The van der Waals surface area contributed by atoms with Crippen LogP contribution in [0, 0.1) is 11.3 Å². The van der Waals surface area contributed by atoms with Gasteiger partial charge < -0.3 is 15.7 Å². The van der Waals surface area contributed by atoms with Gasteiger partial charge in [0, 0.05) is 23.5 Å². The Balaban J connectivity index is 2.20. The summed E-state index contributed by atoms with van der Waals surface area (Å²) in [6.45, 7) is 9.02. The molecule has 1 heterocycles. The highest BCUT2D eigenvalue weighted by Crippen LogP contribution is 2.46. The second-order valence-electron chi connectivity index (χ2n) is 7.67. The Morgan fingerprint density at radius 1 is 1.38 bits per heavy atom. The molecule has 1 aromatic carbocycles. The largest absolute Gasteiger partial charge is 0.384 e. The van der Waals surface area contributed by atoms with Gasteiger partial charge in [-0.1, -0.05) is 57.8 Å². The Bertz CT molecular complexity index is 588. The molecule has 1 aliphatic heterocycles. The lowest BCUT2D eigenvalue weighted by Gasteiger charge is -2.51. The molecule has 1 aromatic rings. The van der Waals surface area contributed by atoms with E-state index in [0.717, 1.165) is 12.0 Å². The average molecular weight is 353 g/mol. The number of piperidine rings is 1. The fraction of sp³-hybridized carbons (Fsp3) is 0.632. The Kier molecular flexibility index (Phi) is 5.63. The number of carbonyl (C=O) groups is 1. The normalized spacial score (nSPS) is 26.0. The summed E-state index contributed by atoms with van der Waals surface area (Å²) in [6.07, 6.45) is 1.36. The zero-order chi connectivity index (χ0) is 18.1. The third kappa shape index (κ3) is 3.46. The Morgan fingerprint density at radius 3 is 2.46 bits per heavy atom. The number of carbonyl (C=O) groups excluding carboxylic acids is 1. The minimum atomic E-state index is -0.991. The Labute approximate surface area is 150 Å². The molecule has 2 rings (SSSR count). The van der Waals surface area contributed by atoms with Crippen molar-refractivity contribution in [2.45, 2.75) is 52.2 Å². The van der Waals surface area contributed by atoms with Crippen molar-refractivity contribution in [1.82, 2.24) is 4.90 Å². The monoisotopic (exact) mass is 352 g/mol. The lowest BCUT2D eigenvalue weighted by molar-refractivity contribution is -0.155. The number of hydrogen-bond donors (Lipinski definition) is 2. The zero-order valence-electron chi connectivity index (χ0n) is 15.1. The van der Waals surface area contributed by atoms with Gasteiger partial charge >= 0.3 is 0 Å². The first-order chi connectivity index (χ1) is 11.1. The molecule has 1 saturated heterocycles. The van der Waals surface area contributed by atoms with E-state index in [9.17, 15) is 9.90 Å². The summed E-state index contributed by atoms with van der Waals surface area (Å²) >= 11 is 5.96. The van der Waals surface area contributed by atoms with E-state index in [1.54, 1.807) is 17.0 Å². The average Bonchev–Trinajstić information content (AvgIpc) is 2.55. The van der Waals surface area contributed by atoms with Crippen LogP contribution in [0.3, 0.4) is 0 Å². The van der Waals surface area contributed by atoms with E-state index in [-0.39, 0.29) is 11.8 Å². The molecule has 134 valence electrons. The number of aliphatic hydroxyl groups is 1. The van der Waals surface area contributed by atoms with E-state index in [1.807, 2.05) is 39.8 Å². The number of benzene rings is 1. The number of nitrogens with two attached hydrogens (primary N) is 1. The van der Waals surface area contributed by atoms with Gasteiger partial charge in [-0.05, 0) is 30.0 Å². The SMILES string of the molecule is CC[C@H](C)[C@@H](N)C(=O)N1CC[C@](O)(c2ccc(Cl)cc2)C(C)(C)C1. The molecule has 3 N–H and O–H groups in total. The summed E-state index contributed by atoms with van der Waals surface area (Å²) in [5, 5.41) is 12.0. The molecule has 0 aromatic heterocycles. The van der Waals surface area contributed by atoms with Gasteiger partial charge in [-0.3, -0.25) is 4.79 Å². The van der Waals surface area contributed by atoms with Crippen molar-refractivity contribution in [3.05, 3.63) is 34.9 Å². The number of nitrogens with zero attached hydrogens (tertiary/aromatic N) is 1. The van der Waals surface area contributed by atoms with Gasteiger partial charge in [-0.15, -0.1) is 0 Å². The molecule has 4 nitrogen and oxygen atoms in total. The fourth-order valence-corrected chi connectivity index (χ4v) is 3.61. The molecule has 0 radical (unpaired) electrons. The van der Waals surface area contributed by atoms with Crippen LogP contribution in [0.15, 0.2) is 24.3 Å². The Hall–Kier alpha value is -1.10. The van der Waals surface area contributed by atoms with Crippen LogP contribution in [-0.4, -0.2) is 35.0 Å². The summed E-state index contributed by atoms with van der Waals surface area (Å²) in [5.41, 5.74) is 5.49. The van der Waals surface area contributed by atoms with Gasteiger partial charge in [0.05, 0.1) is 11.6 Å². The van der Waals surface area contributed by atoms with Crippen molar-refractivity contribution < 1.29 is 9.90 Å². The lowest BCUT2D eigenvalue weighted by atomic mass is 9.66. The maximum Gasteiger partial charge on any atom is 0.239 e. The molecule has 1 fully saturated rings. The topological polar surface area (TPSA) is 66.6 Å². The van der Waals surface area contributed by atoms with Gasteiger partial charge in [0.1, 0.15) is 0 Å². The smallest absolute Gasteiger partial charge is 0.239 e. The van der Waals surface area contributed by atoms with E-state index in [0.29, 0.717) is 24.5 Å². The third-order valence-electron chi connectivity index (χ3n) is 5.62. The van der Waals surface area contributed by atoms with Gasteiger partial charge in [0.2, 0.25) is 5.91 Å². The van der Waals surface area contributed by atoms with Gasteiger partial charge in [0.25, 0.3) is 0 Å². The number of halogens is 1. The second-order valence-corrected chi connectivity index (χ2v) is 8.11. The van der Waals surface area contributed by atoms with Gasteiger partial charge in [0.15, 0.2) is 0 Å². The summed E-state index contributed by atoms with van der Waals surface area (Å²) in [5.74, 6) is 0.133. The lowest BCUT2D eigenvalue weighted by Crippen LogP contribution is -2.59. The maximum absolute atomic E-state index is 12.7. The predicted molar refractivity (Wildman–Crippen MR) is 97.8 cm³/mol. The van der Waals surface area contributed by atoms with E-state index in [1.165, 1.54) is 0 Å². The summed E-state index contributed by atoms with van der Waals surface area (Å²) in [4.78, 5) is 14.5. The van der Waals surface area contributed by atoms with E-state index < -0.39 is 17.1 Å². The highest BCUT2D eigenvalue weighted by molar-refractivity contribution is 6.30. The molecule has 3 atom stereocenters. The van der Waals surface area contributed by atoms with Crippen LogP contribution >= 0.6 is 11.6 Å². The molecule has 24 heavy (non-hydrogen) atoms. The third-order valence-corrected chi connectivity index (χ3v) is 5.88. The van der Waals surface area contributed by atoms with Crippen LogP contribution in [0.5, 0.6) is 0 Å². The highest BCUT2D eigenvalue weighted by Gasteiger charge is 2.50. The molecule has 1 amide bonds. The van der Waals surface area contributed by atoms with Crippen molar-refractivity contribution in [3.63, 3.8) is 0 Å². The molecular formula is C19H29ClN2O2. The van der Waals surface area contributed by atoms with Crippen LogP contribution in [0.1, 0.15) is 46.1 Å². The number of rotatable bonds is 4. The number of amides is 1. The fourth-order valence-electron chi connectivity index (χ4n) is 3.48. The summed E-state index contributed by atoms with van der Waals surface area (Å²) in [6, 6.07) is 6.84.